The van der Waals surface area contributed by atoms with Crippen LogP contribution in [-0.4, -0.2) is 19.0 Å². The first-order valence-electron chi connectivity index (χ1n) is 6.19. The van der Waals surface area contributed by atoms with Crippen molar-refractivity contribution in [2.45, 2.75) is 44.7 Å². The van der Waals surface area contributed by atoms with Crippen molar-refractivity contribution in [1.82, 2.24) is 9.29 Å². The van der Waals surface area contributed by atoms with Crippen LogP contribution in [-0.2, 0) is 23.6 Å². The van der Waals surface area contributed by atoms with Gasteiger partial charge < -0.3 is 10.3 Å². The Morgan fingerprint density at radius 1 is 1.44 bits per heavy atom. The predicted octanol–water partition coefficient (Wildman–Crippen LogP) is 1.20. The molecule has 0 saturated heterocycles. The van der Waals surface area contributed by atoms with E-state index in [1.807, 2.05) is 20.8 Å². The van der Waals surface area contributed by atoms with Crippen molar-refractivity contribution in [3.63, 3.8) is 0 Å². The summed E-state index contributed by atoms with van der Waals surface area (Å²) in [5.41, 5.74) is 6.35. The van der Waals surface area contributed by atoms with Gasteiger partial charge in [-0.2, -0.15) is 0 Å². The fraction of sp³-hybridized carbons (Fsp3) is 0.667. The average Bonchev–Trinajstić information content (AvgIpc) is 2.68. The molecule has 1 aromatic rings. The van der Waals surface area contributed by atoms with E-state index in [1.54, 1.807) is 23.9 Å². The van der Waals surface area contributed by atoms with Gasteiger partial charge in [0.05, 0.1) is 4.90 Å². The van der Waals surface area contributed by atoms with Crippen molar-refractivity contribution < 1.29 is 8.42 Å². The smallest absolute Gasteiger partial charge is 0.242 e. The minimum absolute atomic E-state index is 0.0449. The number of sulfonamides is 1. The van der Waals surface area contributed by atoms with E-state index in [1.165, 1.54) is 0 Å². The van der Waals surface area contributed by atoms with E-state index in [2.05, 4.69) is 4.72 Å². The maximum Gasteiger partial charge on any atom is 0.242 e. The highest BCUT2D eigenvalue weighted by Gasteiger charge is 2.22. The minimum atomic E-state index is -3.45. The van der Waals surface area contributed by atoms with E-state index in [0.717, 1.165) is 12.1 Å². The highest BCUT2D eigenvalue weighted by atomic mass is 32.2. The second-order valence-electron chi connectivity index (χ2n) is 4.86. The van der Waals surface area contributed by atoms with Gasteiger partial charge in [-0.1, -0.05) is 20.8 Å². The van der Waals surface area contributed by atoms with Crippen molar-refractivity contribution in [1.29, 1.82) is 0 Å². The number of nitrogens with zero attached hydrogens (tertiary/aromatic N) is 1. The highest BCUT2D eigenvalue weighted by Crippen LogP contribution is 2.16. The Balaban J connectivity index is 2.98. The molecule has 0 fully saturated rings. The van der Waals surface area contributed by atoms with E-state index < -0.39 is 10.0 Å². The minimum Gasteiger partial charge on any atom is -0.352 e. The van der Waals surface area contributed by atoms with Gasteiger partial charge in [-0.15, -0.1) is 0 Å². The number of aromatic nitrogens is 1. The molecule has 104 valence electrons. The topological polar surface area (TPSA) is 77.1 Å². The van der Waals surface area contributed by atoms with Crippen molar-refractivity contribution in [2.24, 2.45) is 18.7 Å². The third-order valence-corrected chi connectivity index (χ3v) is 4.61. The summed E-state index contributed by atoms with van der Waals surface area (Å²) in [6.45, 7) is 6.32. The summed E-state index contributed by atoms with van der Waals surface area (Å²) in [7, 11) is -1.66. The molecule has 1 aromatic heterocycles. The number of rotatable bonds is 6. The normalized spacial score (nSPS) is 14.1. The molecule has 1 rings (SSSR count). The highest BCUT2D eigenvalue weighted by molar-refractivity contribution is 7.89. The quantitative estimate of drug-likeness (QED) is 0.817. The molecule has 0 aliphatic heterocycles. The lowest BCUT2D eigenvalue weighted by molar-refractivity contribution is 0.437. The predicted molar refractivity (Wildman–Crippen MR) is 72.5 cm³/mol. The van der Waals surface area contributed by atoms with Crippen LogP contribution in [0.15, 0.2) is 17.2 Å². The molecular weight excluding hydrogens is 250 g/mol. The number of hydrogen-bond acceptors (Lipinski definition) is 3. The van der Waals surface area contributed by atoms with E-state index >= 15 is 0 Å². The summed E-state index contributed by atoms with van der Waals surface area (Å²) in [6, 6.07) is 1.58. The molecule has 0 aliphatic rings. The van der Waals surface area contributed by atoms with E-state index in [9.17, 15) is 8.42 Å². The van der Waals surface area contributed by atoms with Crippen LogP contribution in [0.1, 0.15) is 32.9 Å². The second kappa shape index (κ2) is 5.86. The zero-order chi connectivity index (χ0) is 13.9. The Bertz CT molecular complexity index is 491. The standard InChI is InChI=1S/C12H23N3O2S/c1-5-12(9(2)3)14-18(16,17)11-6-10(7-13)15(4)8-11/h6,8-9,12,14H,5,7,13H2,1-4H3. The molecule has 1 atom stereocenters. The Hall–Kier alpha value is -0.850. The van der Waals surface area contributed by atoms with Gasteiger partial charge in [0, 0.05) is 31.5 Å². The lowest BCUT2D eigenvalue weighted by Gasteiger charge is -2.20. The first-order valence-corrected chi connectivity index (χ1v) is 7.67. The maximum absolute atomic E-state index is 12.2. The largest absolute Gasteiger partial charge is 0.352 e. The fourth-order valence-corrected chi connectivity index (χ4v) is 3.45. The van der Waals surface area contributed by atoms with Crippen LogP contribution in [0.2, 0.25) is 0 Å². The Labute approximate surface area is 109 Å². The maximum atomic E-state index is 12.2. The number of nitrogens with two attached hydrogens (primary N) is 1. The SMILES string of the molecule is CCC(NS(=O)(=O)c1cc(CN)n(C)c1)C(C)C. The Kier molecular flexibility index (Phi) is 4.95. The monoisotopic (exact) mass is 273 g/mol. The fourth-order valence-electron chi connectivity index (χ4n) is 1.89. The molecule has 5 nitrogen and oxygen atoms in total. The van der Waals surface area contributed by atoms with Gasteiger partial charge in [0.1, 0.15) is 0 Å². The van der Waals surface area contributed by atoms with Gasteiger partial charge in [-0.25, -0.2) is 13.1 Å². The summed E-state index contributed by atoms with van der Waals surface area (Å²) in [4.78, 5) is 0.282. The van der Waals surface area contributed by atoms with Crippen LogP contribution < -0.4 is 10.5 Å². The molecular formula is C12H23N3O2S. The van der Waals surface area contributed by atoms with Gasteiger partial charge in [-0.3, -0.25) is 0 Å². The van der Waals surface area contributed by atoms with Crippen molar-refractivity contribution >= 4 is 10.0 Å². The van der Waals surface area contributed by atoms with Gasteiger partial charge in [0.15, 0.2) is 0 Å². The summed E-state index contributed by atoms with van der Waals surface area (Å²) in [5, 5.41) is 0. The van der Waals surface area contributed by atoms with Crippen LogP contribution >= 0.6 is 0 Å². The van der Waals surface area contributed by atoms with Gasteiger partial charge in [0.2, 0.25) is 10.0 Å². The van der Waals surface area contributed by atoms with E-state index in [0.29, 0.717) is 6.54 Å². The first kappa shape index (κ1) is 15.2. The molecule has 0 bridgehead atoms. The molecule has 3 N–H and O–H groups in total. The summed E-state index contributed by atoms with van der Waals surface area (Å²) in [6.07, 6.45) is 2.37. The van der Waals surface area contributed by atoms with Crippen LogP contribution in [0, 0.1) is 5.92 Å². The van der Waals surface area contributed by atoms with Crippen LogP contribution in [0.3, 0.4) is 0 Å². The summed E-state index contributed by atoms with van der Waals surface area (Å²) < 4.78 is 28.9. The lowest BCUT2D eigenvalue weighted by atomic mass is 10.0. The summed E-state index contributed by atoms with van der Waals surface area (Å²) in [5.74, 6) is 0.266. The molecule has 1 unspecified atom stereocenters. The van der Waals surface area contributed by atoms with Crippen LogP contribution in [0.5, 0.6) is 0 Å². The number of nitrogens with one attached hydrogen (secondary N) is 1. The number of hydrogen-bond donors (Lipinski definition) is 2. The van der Waals surface area contributed by atoms with Gasteiger partial charge >= 0.3 is 0 Å². The van der Waals surface area contributed by atoms with Crippen LogP contribution in [0.25, 0.3) is 0 Å². The molecule has 0 radical (unpaired) electrons. The van der Waals surface area contributed by atoms with Crippen molar-refractivity contribution in [3.05, 3.63) is 18.0 Å². The second-order valence-corrected chi connectivity index (χ2v) is 6.58. The Morgan fingerprint density at radius 2 is 2.06 bits per heavy atom. The van der Waals surface area contributed by atoms with E-state index in [-0.39, 0.29) is 16.9 Å². The third-order valence-electron chi connectivity index (χ3n) is 3.15. The lowest BCUT2D eigenvalue weighted by Crippen LogP contribution is -2.37. The van der Waals surface area contributed by atoms with E-state index in [4.69, 9.17) is 5.73 Å². The zero-order valence-corrected chi connectivity index (χ0v) is 12.3. The molecule has 0 amide bonds. The van der Waals surface area contributed by atoms with Crippen molar-refractivity contribution in [3.8, 4) is 0 Å². The Morgan fingerprint density at radius 3 is 2.44 bits per heavy atom. The molecule has 6 heteroatoms. The molecule has 0 saturated carbocycles. The average molecular weight is 273 g/mol. The number of aryl methyl sites for hydroxylation is 1. The molecule has 18 heavy (non-hydrogen) atoms. The third kappa shape index (κ3) is 3.34. The van der Waals surface area contributed by atoms with Gasteiger partial charge in [0.25, 0.3) is 0 Å². The zero-order valence-electron chi connectivity index (χ0n) is 11.5. The molecule has 1 heterocycles. The molecule has 0 aromatic carbocycles. The van der Waals surface area contributed by atoms with Crippen LogP contribution in [0.4, 0.5) is 0 Å². The molecule has 0 spiro atoms. The van der Waals surface area contributed by atoms with Crippen molar-refractivity contribution in [2.75, 3.05) is 0 Å². The first-order chi connectivity index (χ1) is 8.31. The summed E-state index contributed by atoms with van der Waals surface area (Å²) >= 11 is 0. The van der Waals surface area contributed by atoms with Gasteiger partial charge in [-0.05, 0) is 18.4 Å². The molecule has 0 aliphatic carbocycles.